The predicted molar refractivity (Wildman–Crippen MR) is 59.6 cm³/mol. The van der Waals surface area contributed by atoms with Gasteiger partial charge in [-0.2, -0.15) is 0 Å². The summed E-state index contributed by atoms with van der Waals surface area (Å²) in [5, 5.41) is 0. The molecule has 1 aliphatic carbocycles. The van der Waals surface area contributed by atoms with Crippen molar-refractivity contribution in [2.75, 3.05) is 0 Å². The SMILES string of the molecule is CCCC1=CC/C=C(C)\C=C\C=C1. The summed E-state index contributed by atoms with van der Waals surface area (Å²) in [4.78, 5) is 0. The van der Waals surface area contributed by atoms with Crippen LogP contribution in [0.4, 0.5) is 0 Å². The number of hydrogen-bond donors (Lipinski definition) is 0. The quantitative estimate of drug-likeness (QED) is 0.589. The van der Waals surface area contributed by atoms with Crippen molar-refractivity contribution >= 4 is 0 Å². The van der Waals surface area contributed by atoms with E-state index in [1.165, 1.54) is 24.0 Å². The van der Waals surface area contributed by atoms with Gasteiger partial charge in [0, 0.05) is 0 Å². The summed E-state index contributed by atoms with van der Waals surface area (Å²) in [6.45, 7) is 4.36. The fourth-order valence-corrected chi connectivity index (χ4v) is 1.39. The van der Waals surface area contributed by atoms with Crippen molar-refractivity contribution in [3.05, 3.63) is 47.6 Å². The number of allylic oxidation sites excluding steroid dienone is 8. The van der Waals surface area contributed by atoms with Gasteiger partial charge in [0.2, 0.25) is 0 Å². The first-order valence-electron chi connectivity index (χ1n) is 5.03. The molecule has 0 amide bonds. The van der Waals surface area contributed by atoms with Gasteiger partial charge in [0.15, 0.2) is 0 Å². The molecule has 70 valence electrons. The molecule has 0 saturated carbocycles. The molecule has 0 aromatic heterocycles. The first-order chi connectivity index (χ1) is 6.33. The lowest BCUT2D eigenvalue weighted by molar-refractivity contribution is 0.921. The van der Waals surface area contributed by atoms with Crippen LogP contribution in [-0.2, 0) is 0 Å². The third-order valence-corrected chi connectivity index (χ3v) is 2.14. The van der Waals surface area contributed by atoms with Gasteiger partial charge >= 0.3 is 0 Å². The highest BCUT2D eigenvalue weighted by molar-refractivity contribution is 5.29. The summed E-state index contributed by atoms with van der Waals surface area (Å²) >= 11 is 0. The van der Waals surface area contributed by atoms with Crippen molar-refractivity contribution in [3.63, 3.8) is 0 Å². The van der Waals surface area contributed by atoms with E-state index in [1.54, 1.807) is 0 Å². The Morgan fingerprint density at radius 3 is 2.69 bits per heavy atom. The average Bonchev–Trinajstić information content (AvgIpc) is 2.20. The molecule has 0 bridgehead atoms. The molecule has 0 atom stereocenters. The number of hydrogen-bond acceptors (Lipinski definition) is 0. The molecule has 0 aromatic carbocycles. The Balaban J connectivity index is 2.72. The van der Waals surface area contributed by atoms with Crippen LogP contribution in [0.25, 0.3) is 0 Å². The van der Waals surface area contributed by atoms with Gasteiger partial charge < -0.3 is 0 Å². The maximum absolute atomic E-state index is 2.32. The molecule has 0 nitrogen and oxygen atoms in total. The van der Waals surface area contributed by atoms with E-state index < -0.39 is 0 Å². The third kappa shape index (κ3) is 3.93. The lowest BCUT2D eigenvalue weighted by Gasteiger charge is -1.97. The lowest BCUT2D eigenvalue weighted by Crippen LogP contribution is -1.77. The summed E-state index contributed by atoms with van der Waals surface area (Å²) in [6, 6.07) is 0. The van der Waals surface area contributed by atoms with Crippen molar-refractivity contribution in [2.24, 2.45) is 0 Å². The van der Waals surface area contributed by atoms with E-state index in [4.69, 9.17) is 0 Å². The van der Waals surface area contributed by atoms with Crippen LogP contribution in [0.2, 0.25) is 0 Å². The molecule has 0 saturated heterocycles. The summed E-state index contributed by atoms with van der Waals surface area (Å²) < 4.78 is 0. The molecule has 0 heteroatoms. The monoisotopic (exact) mass is 174 g/mol. The van der Waals surface area contributed by atoms with Crippen LogP contribution in [0.3, 0.4) is 0 Å². The molecule has 1 rings (SSSR count). The lowest BCUT2D eigenvalue weighted by atomic mass is 10.1. The van der Waals surface area contributed by atoms with Gasteiger partial charge in [-0.3, -0.25) is 0 Å². The minimum absolute atomic E-state index is 1.07. The minimum atomic E-state index is 1.07. The average molecular weight is 174 g/mol. The molecule has 13 heavy (non-hydrogen) atoms. The molecule has 0 N–H and O–H groups in total. The van der Waals surface area contributed by atoms with Gasteiger partial charge in [0.05, 0.1) is 0 Å². The molecule has 0 aliphatic heterocycles. The maximum Gasteiger partial charge on any atom is -0.0158 e. The molecule has 0 spiro atoms. The Morgan fingerprint density at radius 2 is 1.92 bits per heavy atom. The number of rotatable bonds is 2. The van der Waals surface area contributed by atoms with E-state index in [2.05, 4.69) is 50.3 Å². The summed E-state index contributed by atoms with van der Waals surface area (Å²) in [7, 11) is 0. The van der Waals surface area contributed by atoms with E-state index in [1.807, 2.05) is 0 Å². The van der Waals surface area contributed by atoms with Crippen LogP contribution >= 0.6 is 0 Å². The van der Waals surface area contributed by atoms with Crippen LogP contribution in [0.15, 0.2) is 47.6 Å². The largest absolute Gasteiger partial charge is 0.0778 e. The third-order valence-electron chi connectivity index (χ3n) is 2.14. The Bertz CT molecular complexity index is 262. The van der Waals surface area contributed by atoms with Crippen LogP contribution in [-0.4, -0.2) is 0 Å². The summed E-state index contributed by atoms with van der Waals surface area (Å²) in [6.07, 6.45) is 16.7. The molecule has 0 radical (unpaired) electrons. The summed E-state index contributed by atoms with van der Waals surface area (Å²) in [5.41, 5.74) is 2.80. The van der Waals surface area contributed by atoms with Crippen LogP contribution in [0.1, 0.15) is 33.1 Å². The Kier molecular flexibility index (Phi) is 4.31. The molecule has 0 fully saturated rings. The van der Waals surface area contributed by atoms with E-state index >= 15 is 0 Å². The standard InChI is InChI=1S/C13H18/c1-3-7-13-10-5-4-8-12(2)9-6-11-13/h4-5,8-11H,3,6-7H2,1-2H3/b8-4+,10-5?,12-9-,13-11?. The van der Waals surface area contributed by atoms with Gasteiger partial charge in [-0.15, -0.1) is 0 Å². The van der Waals surface area contributed by atoms with Gasteiger partial charge in [-0.1, -0.05) is 60.9 Å². The van der Waals surface area contributed by atoms with Crippen molar-refractivity contribution < 1.29 is 0 Å². The molecule has 0 aromatic rings. The smallest absolute Gasteiger partial charge is 0.0158 e. The second-order valence-corrected chi connectivity index (χ2v) is 3.43. The minimum Gasteiger partial charge on any atom is -0.0778 e. The molecule has 0 heterocycles. The fraction of sp³-hybridized carbons (Fsp3) is 0.385. The zero-order valence-corrected chi connectivity index (χ0v) is 8.59. The van der Waals surface area contributed by atoms with Crippen LogP contribution in [0.5, 0.6) is 0 Å². The molecule has 1 aliphatic rings. The fourth-order valence-electron chi connectivity index (χ4n) is 1.39. The highest BCUT2D eigenvalue weighted by atomic mass is 14.0. The van der Waals surface area contributed by atoms with Gasteiger partial charge in [0.1, 0.15) is 0 Å². The Hall–Kier alpha value is -1.04. The van der Waals surface area contributed by atoms with Crippen molar-refractivity contribution in [1.82, 2.24) is 0 Å². The zero-order chi connectivity index (χ0) is 9.52. The van der Waals surface area contributed by atoms with Crippen LogP contribution in [0, 0.1) is 0 Å². The normalized spacial score (nSPS) is 23.5. The molecular formula is C13H18. The van der Waals surface area contributed by atoms with Gasteiger partial charge in [-0.05, 0) is 19.8 Å². The molecule has 0 unspecified atom stereocenters. The second-order valence-electron chi connectivity index (χ2n) is 3.43. The van der Waals surface area contributed by atoms with Crippen molar-refractivity contribution in [3.8, 4) is 0 Å². The van der Waals surface area contributed by atoms with Crippen molar-refractivity contribution in [1.29, 1.82) is 0 Å². The topological polar surface area (TPSA) is 0 Å². The van der Waals surface area contributed by atoms with Crippen molar-refractivity contribution in [2.45, 2.75) is 33.1 Å². The highest BCUT2D eigenvalue weighted by Crippen LogP contribution is 2.11. The summed E-state index contributed by atoms with van der Waals surface area (Å²) in [5.74, 6) is 0. The van der Waals surface area contributed by atoms with E-state index in [0.29, 0.717) is 0 Å². The van der Waals surface area contributed by atoms with E-state index in [-0.39, 0.29) is 0 Å². The first kappa shape index (κ1) is 10.0. The second kappa shape index (κ2) is 5.58. The van der Waals surface area contributed by atoms with Crippen LogP contribution < -0.4 is 0 Å². The van der Waals surface area contributed by atoms with E-state index in [0.717, 1.165) is 6.42 Å². The zero-order valence-electron chi connectivity index (χ0n) is 8.59. The molecular weight excluding hydrogens is 156 g/mol. The first-order valence-corrected chi connectivity index (χ1v) is 5.03. The highest BCUT2D eigenvalue weighted by Gasteiger charge is 1.90. The van der Waals surface area contributed by atoms with Gasteiger partial charge in [0.25, 0.3) is 0 Å². The predicted octanol–water partition coefficient (Wildman–Crippen LogP) is 4.18. The Labute approximate surface area is 81.4 Å². The van der Waals surface area contributed by atoms with Gasteiger partial charge in [-0.25, -0.2) is 0 Å². The Morgan fingerprint density at radius 1 is 1.15 bits per heavy atom. The maximum atomic E-state index is 2.32. The van der Waals surface area contributed by atoms with E-state index in [9.17, 15) is 0 Å².